The van der Waals surface area contributed by atoms with Crippen LogP contribution in [0.4, 0.5) is 0 Å². The molecule has 17 heavy (non-hydrogen) atoms. The van der Waals surface area contributed by atoms with Crippen molar-refractivity contribution in [2.45, 2.75) is 56.7 Å². The van der Waals surface area contributed by atoms with Gasteiger partial charge in [0.1, 0.15) is 0 Å². The lowest BCUT2D eigenvalue weighted by molar-refractivity contribution is -0.121. The minimum atomic E-state index is -0.0575. The minimum absolute atomic E-state index is 0.0575. The normalized spacial score (nSPS) is 34.8. The van der Waals surface area contributed by atoms with E-state index >= 15 is 0 Å². The number of rotatable bonds is 3. The first-order valence-electron chi connectivity index (χ1n) is 7.17. The Labute approximate surface area is 108 Å². The first-order chi connectivity index (χ1) is 8.27. The lowest BCUT2D eigenvalue weighted by Crippen LogP contribution is -2.45. The number of aliphatic hydroxyl groups is 1. The summed E-state index contributed by atoms with van der Waals surface area (Å²) in [6.07, 6.45) is 8.27. The van der Waals surface area contributed by atoms with Crippen LogP contribution in [0.5, 0.6) is 0 Å². The number of hydrogen-bond acceptors (Lipinski definition) is 3. The first-order valence-corrected chi connectivity index (χ1v) is 8.33. The summed E-state index contributed by atoms with van der Waals surface area (Å²) < 4.78 is 6.08. The van der Waals surface area contributed by atoms with Crippen LogP contribution in [0.2, 0.25) is 0 Å². The lowest BCUT2D eigenvalue weighted by Gasteiger charge is -2.44. The summed E-state index contributed by atoms with van der Waals surface area (Å²) in [5.41, 5.74) is 0.138. The molecular formula is C14H24O2S. The van der Waals surface area contributed by atoms with Gasteiger partial charge in [0.15, 0.2) is 0 Å². The SMILES string of the molecule is OC(CC1CC1)C1CCOC2(CCSCC2)C1. The van der Waals surface area contributed by atoms with Gasteiger partial charge in [0.05, 0.1) is 11.7 Å². The van der Waals surface area contributed by atoms with E-state index in [0.29, 0.717) is 5.92 Å². The van der Waals surface area contributed by atoms with Crippen molar-refractivity contribution in [2.75, 3.05) is 18.1 Å². The third-order valence-electron chi connectivity index (χ3n) is 4.75. The van der Waals surface area contributed by atoms with Gasteiger partial charge in [-0.15, -0.1) is 0 Å². The van der Waals surface area contributed by atoms with E-state index in [0.717, 1.165) is 31.8 Å². The molecule has 2 heterocycles. The molecule has 0 aromatic rings. The summed E-state index contributed by atoms with van der Waals surface area (Å²) in [5.74, 6) is 3.83. The summed E-state index contributed by atoms with van der Waals surface area (Å²) in [5, 5.41) is 10.3. The number of thioether (sulfide) groups is 1. The fourth-order valence-electron chi connectivity index (χ4n) is 3.37. The third-order valence-corrected chi connectivity index (χ3v) is 5.74. The fraction of sp³-hybridized carbons (Fsp3) is 1.00. The molecule has 0 aromatic heterocycles. The van der Waals surface area contributed by atoms with Gasteiger partial charge in [0.2, 0.25) is 0 Å². The molecule has 1 spiro atoms. The van der Waals surface area contributed by atoms with E-state index in [4.69, 9.17) is 4.74 Å². The van der Waals surface area contributed by atoms with E-state index in [1.54, 1.807) is 0 Å². The van der Waals surface area contributed by atoms with E-state index < -0.39 is 0 Å². The highest BCUT2D eigenvalue weighted by Crippen LogP contribution is 2.43. The predicted molar refractivity (Wildman–Crippen MR) is 71.3 cm³/mol. The van der Waals surface area contributed by atoms with E-state index in [-0.39, 0.29) is 11.7 Å². The highest BCUT2D eigenvalue weighted by atomic mass is 32.2. The van der Waals surface area contributed by atoms with Crippen molar-refractivity contribution in [3.63, 3.8) is 0 Å². The maximum absolute atomic E-state index is 10.3. The van der Waals surface area contributed by atoms with Crippen LogP contribution in [0.25, 0.3) is 0 Å². The predicted octanol–water partition coefficient (Wildman–Crippen LogP) is 2.84. The molecule has 0 amide bonds. The van der Waals surface area contributed by atoms with Crippen molar-refractivity contribution in [3.8, 4) is 0 Å². The molecular weight excluding hydrogens is 232 g/mol. The van der Waals surface area contributed by atoms with Crippen molar-refractivity contribution in [2.24, 2.45) is 11.8 Å². The molecule has 0 aromatic carbocycles. The third kappa shape index (κ3) is 2.99. The molecule has 1 saturated carbocycles. The Balaban J connectivity index is 1.57. The molecule has 2 aliphatic heterocycles. The molecule has 98 valence electrons. The molecule has 2 nitrogen and oxygen atoms in total. The zero-order valence-electron chi connectivity index (χ0n) is 10.6. The number of aliphatic hydroxyl groups excluding tert-OH is 1. The molecule has 2 saturated heterocycles. The van der Waals surface area contributed by atoms with Crippen molar-refractivity contribution in [1.82, 2.24) is 0 Å². The zero-order valence-corrected chi connectivity index (χ0v) is 11.4. The molecule has 3 rings (SSSR count). The zero-order chi connectivity index (χ0) is 11.7. The highest BCUT2D eigenvalue weighted by Gasteiger charge is 2.41. The first kappa shape index (κ1) is 12.3. The summed E-state index contributed by atoms with van der Waals surface area (Å²) in [4.78, 5) is 0. The van der Waals surface area contributed by atoms with Gasteiger partial charge < -0.3 is 9.84 Å². The molecule has 0 bridgehead atoms. The topological polar surface area (TPSA) is 29.5 Å². The van der Waals surface area contributed by atoms with Crippen molar-refractivity contribution >= 4 is 11.8 Å². The van der Waals surface area contributed by atoms with E-state index in [1.807, 2.05) is 0 Å². The van der Waals surface area contributed by atoms with Crippen LogP contribution in [0.1, 0.15) is 44.9 Å². The van der Waals surface area contributed by atoms with Gasteiger partial charge in [-0.2, -0.15) is 11.8 Å². The van der Waals surface area contributed by atoms with Gasteiger partial charge in [0, 0.05) is 6.61 Å². The lowest BCUT2D eigenvalue weighted by atomic mass is 9.78. The van der Waals surface area contributed by atoms with Crippen LogP contribution in [-0.4, -0.2) is 34.9 Å². The van der Waals surface area contributed by atoms with Crippen LogP contribution in [0.3, 0.4) is 0 Å². The summed E-state index contributed by atoms with van der Waals surface area (Å²) in [6, 6.07) is 0. The van der Waals surface area contributed by atoms with E-state index in [9.17, 15) is 5.11 Å². The Morgan fingerprint density at radius 2 is 2.00 bits per heavy atom. The Bertz CT molecular complexity index is 253. The summed E-state index contributed by atoms with van der Waals surface area (Å²) in [6.45, 7) is 0.872. The van der Waals surface area contributed by atoms with E-state index in [2.05, 4.69) is 11.8 Å². The number of hydrogen-bond donors (Lipinski definition) is 1. The molecule has 3 fully saturated rings. The molecule has 1 N–H and O–H groups in total. The van der Waals surface area contributed by atoms with Crippen molar-refractivity contribution < 1.29 is 9.84 Å². The Morgan fingerprint density at radius 1 is 1.24 bits per heavy atom. The van der Waals surface area contributed by atoms with Crippen LogP contribution in [0, 0.1) is 11.8 Å². The van der Waals surface area contributed by atoms with Gasteiger partial charge in [0.25, 0.3) is 0 Å². The van der Waals surface area contributed by atoms with Crippen molar-refractivity contribution in [1.29, 1.82) is 0 Å². The van der Waals surface area contributed by atoms with Gasteiger partial charge in [-0.3, -0.25) is 0 Å². The highest BCUT2D eigenvalue weighted by molar-refractivity contribution is 7.99. The van der Waals surface area contributed by atoms with E-state index in [1.165, 1.54) is 37.2 Å². The summed E-state index contributed by atoms with van der Waals surface area (Å²) in [7, 11) is 0. The molecule has 0 radical (unpaired) electrons. The maximum Gasteiger partial charge on any atom is 0.0701 e. The average Bonchev–Trinajstić information content (AvgIpc) is 3.14. The average molecular weight is 256 g/mol. The van der Waals surface area contributed by atoms with Crippen LogP contribution in [-0.2, 0) is 4.74 Å². The largest absolute Gasteiger partial charge is 0.393 e. The smallest absolute Gasteiger partial charge is 0.0701 e. The van der Waals surface area contributed by atoms with Crippen LogP contribution >= 0.6 is 11.8 Å². The second kappa shape index (κ2) is 5.10. The van der Waals surface area contributed by atoms with Crippen molar-refractivity contribution in [3.05, 3.63) is 0 Å². The molecule has 3 aliphatic rings. The minimum Gasteiger partial charge on any atom is -0.393 e. The molecule has 3 heteroatoms. The fourth-order valence-corrected chi connectivity index (χ4v) is 4.61. The molecule has 1 aliphatic carbocycles. The Hall–Kier alpha value is 0.270. The van der Waals surface area contributed by atoms with Gasteiger partial charge in [-0.05, 0) is 55.4 Å². The second-order valence-electron chi connectivity index (χ2n) is 6.14. The quantitative estimate of drug-likeness (QED) is 0.842. The Morgan fingerprint density at radius 3 is 2.71 bits per heavy atom. The Kier molecular flexibility index (Phi) is 3.69. The van der Waals surface area contributed by atoms with Crippen LogP contribution < -0.4 is 0 Å². The molecule has 2 atom stereocenters. The van der Waals surface area contributed by atoms with Gasteiger partial charge in [-0.1, -0.05) is 12.8 Å². The van der Waals surface area contributed by atoms with Gasteiger partial charge in [-0.25, -0.2) is 0 Å². The van der Waals surface area contributed by atoms with Crippen LogP contribution in [0.15, 0.2) is 0 Å². The van der Waals surface area contributed by atoms with Gasteiger partial charge >= 0.3 is 0 Å². The number of ether oxygens (including phenoxy) is 1. The summed E-state index contributed by atoms with van der Waals surface area (Å²) >= 11 is 2.05. The monoisotopic (exact) mass is 256 g/mol. The maximum atomic E-state index is 10.3. The second-order valence-corrected chi connectivity index (χ2v) is 7.37. The standard InChI is InChI=1S/C14H24O2S/c15-13(9-11-1-2-11)12-3-6-16-14(10-12)4-7-17-8-5-14/h11-13,15H,1-10H2. The molecule has 2 unspecified atom stereocenters.